The molecule has 0 saturated heterocycles. The molecule has 0 aliphatic carbocycles. The quantitative estimate of drug-likeness (QED) is 0.858. The Bertz CT molecular complexity index is 472. The minimum Gasteiger partial charge on any atom is -0.494 e. The number of aromatic nitrogens is 3. The van der Waals surface area contributed by atoms with Crippen molar-refractivity contribution in [3.05, 3.63) is 35.1 Å². The lowest BCUT2D eigenvalue weighted by atomic mass is 10.2. The van der Waals surface area contributed by atoms with E-state index in [2.05, 4.69) is 20.5 Å². The van der Waals surface area contributed by atoms with Crippen LogP contribution in [-0.2, 0) is 6.54 Å². The van der Waals surface area contributed by atoms with E-state index in [-0.39, 0.29) is 0 Å². The van der Waals surface area contributed by atoms with E-state index in [9.17, 15) is 0 Å². The van der Waals surface area contributed by atoms with E-state index in [0.717, 1.165) is 11.3 Å². The highest BCUT2D eigenvalue weighted by Crippen LogP contribution is 2.21. The molecule has 0 fully saturated rings. The summed E-state index contributed by atoms with van der Waals surface area (Å²) in [4.78, 5) is 3.97. The van der Waals surface area contributed by atoms with Gasteiger partial charge in [-0.05, 0) is 30.7 Å². The first kappa shape index (κ1) is 11.7. The maximum Gasteiger partial charge on any atom is 0.218 e. The number of rotatable bonds is 5. The van der Waals surface area contributed by atoms with E-state index in [4.69, 9.17) is 16.3 Å². The highest BCUT2D eigenvalue weighted by Gasteiger charge is 2.01. The number of aromatic amines is 1. The van der Waals surface area contributed by atoms with E-state index >= 15 is 0 Å². The zero-order valence-electron chi connectivity index (χ0n) is 9.40. The van der Waals surface area contributed by atoms with E-state index in [0.29, 0.717) is 24.1 Å². The second-order valence-electron chi connectivity index (χ2n) is 3.42. The van der Waals surface area contributed by atoms with Crippen molar-refractivity contribution < 1.29 is 4.74 Å². The van der Waals surface area contributed by atoms with Crippen molar-refractivity contribution in [1.29, 1.82) is 0 Å². The molecule has 0 radical (unpaired) electrons. The fourth-order valence-corrected chi connectivity index (χ4v) is 1.70. The van der Waals surface area contributed by atoms with E-state index in [1.165, 1.54) is 6.33 Å². The highest BCUT2D eigenvalue weighted by atomic mass is 35.5. The Balaban J connectivity index is 2.04. The Labute approximate surface area is 104 Å². The van der Waals surface area contributed by atoms with Crippen LogP contribution in [0.25, 0.3) is 0 Å². The van der Waals surface area contributed by atoms with Gasteiger partial charge in [0.15, 0.2) is 0 Å². The zero-order chi connectivity index (χ0) is 12.1. The second-order valence-corrected chi connectivity index (χ2v) is 3.85. The summed E-state index contributed by atoms with van der Waals surface area (Å²) in [5.74, 6) is 1.40. The molecule has 2 aromatic rings. The Morgan fingerprint density at radius 1 is 1.41 bits per heavy atom. The Morgan fingerprint density at radius 3 is 3.00 bits per heavy atom. The van der Waals surface area contributed by atoms with Crippen LogP contribution in [0.15, 0.2) is 24.5 Å². The van der Waals surface area contributed by atoms with Gasteiger partial charge in [0.1, 0.15) is 12.1 Å². The summed E-state index contributed by atoms with van der Waals surface area (Å²) < 4.78 is 5.42. The number of benzene rings is 1. The van der Waals surface area contributed by atoms with E-state index in [1.54, 1.807) is 6.07 Å². The maximum atomic E-state index is 6.00. The fourth-order valence-electron chi connectivity index (χ4n) is 1.45. The van der Waals surface area contributed by atoms with Crippen LogP contribution in [0.4, 0.5) is 5.95 Å². The molecule has 5 nitrogen and oxygen atoms in total. The summed E-state index contributed by atoms with van der Waals surface area (Å²) in [7, 11) is 0. The van der Waals surface area contributed by atoms with Gasteiger partial charge in [-0.2, -0.15) is 5.10 Å². The SMILES string of the molecule is CCOc1cc(Cl)cc(CNc2ncn[nH]2)c1. The molecule has 0 aliphatic rings. The van der Waals surface area contributed by atoms with Crippen molar-refractivity contribution in [2.24, 2.45) is 0 Å². The van der Waals surface area contributed by atoms with Crippen molar-refractivity contribution in [2.45, 2.75) is 13.5 Å². The molecule has 6 heteroatoms. The summed E-state index contributed by atoms with van der Waals surface area (Å²) in [6.45, 7) is 3.17. The third-order valence-electron chi connectivity index (χ3n) is 2.12. The molecular weight excluding hydrogens is 240 g/mol. The number of hydrogen-bond donors (Lipinski definition) is 2. The number of halogens is 1. The average Bonchev–Trinajstić information content (AvgIpc) is 2.79. The molecule has 17 heavy (non-hydrogen) atoms. The van der Waals surface area contributed by atoms with Crippen molar-refractivity contribution >= 4 is 17.5 Å². The monoisotopic (exact) mass is 252 g/mol. The molecular formula is C11H13ClN4O. The number of ether oxygens (including phenoxy) is 1. The van der Waals surface area contributed by atoms with Gasteiger partial charge in [-0.15, -0.1) is 0 Å². The number of anilines is 1. The lowest BCUT2D eigenvalue weighted by Gasteiger charge is -2.08. The van der Waals surface area contributed by atoms with Gasteiger partial charge in [-0.25, -0.2) is 10.1 Å². The molecule has 90 valence electrons. The molecule has 1 aromatic carbocycles. The molecule has 0 amide bonds. The molecule has 2 N–H and O–H groups in total. The van der Waals surface area contributed by atoms with Crippen LogP contribution in [0, 0.1) is 0 Å². The number of H-pyrrole nitrogens is 1. The second kappa shape index (κ2) is 5.54. The van der Waals surface area contributed by atoms with Crippen LogP contribution >= 0.6 is 11.6 Å². The molecule has 0 bridgehead atoms. The molecule has 0 spiro atoms. The predicted molar refractivity (Wildman–Crippen MR) is 66.3 cm³/mol. The van der Waals surface area contributed by atoms with Crippen LogP contribution in [0.2, 0.25) is 5.02 Å². The largest absolute Gasteiger partial charge is 0.494 e. The molecule has 0 aliphatic heterocycles. The van der Waals surface area contributed by atoms with Crippen LogP contribution in [0.5, 0.6) is 5.75 Å². The van der Waals surface area contributed by atoms with Gasteiger partial charge in [0.2, 0.25) is 5.95 Å². The Morgan fingerprint density at radius 2 is 2.29 bits per heavy atom. The molecule has 1 aromatic heterocycles. The van der Waals surface area contributed by atoms with Gasteiger partial charge in [0, 0.05) is 11.6 Å². The first-order valence-electron chi connectivity index (χ1n) is 5.29. The van der Waals surface area contributed by atoms with Crippen LogP contribution < -0.4 is 10.1 Å². The molecule has 1 heterocycles. The summed E-state index contributed by atoms with van der Waals surface area (Å²) in [6.07, 6.45) is 1.45. The lowest BCUT2D eigenvalue weighted by Crippen LogP contribution is -2.02. The normalized spacial score (nSPS) is 10.2. The van der Waals surface area contributed by atoms with E-state index in [1.807, 2.05) is 19.1 Å². The number of nitrogens with zero attached hydrogens (tertiary/aromatic N) is 2. The summed E-state index contributed by atoms with van der Waals surface area (Å²) in [5, 5.41) is 10.2. The van der Waals surface area contributed by atoms with Gasteiger partial charge >= 0.3 is 0 Å². The van der Waals surface area contributed by atoms with Gasteiger partial charge in [0.25, 0.3) is 0 Å². The zero-order valence-corrected chi connectivity index (χ0v) is 10.2. The number of hydrogen-bond acceptors (Lipinski definition) is 4. The van der Waals surface area contributed by atoms with Crippen LogP contribution in [-0.4, -0.2) is 21.8 Å². The first-order chi connectivity index (χ1) is 8.28. The number of nitrogens with one attached hydrogen (secondary N) is 2. The van der Waals surface area contributed by atoms with Crippen molar-refractivity contribution in [2.75, 3.05) is 11.9 Å². The van der Waals surface area contributed by atoms with Crippen molar-refractivity contribution in [3.63, 3.8) is 0 Å². The van der Waals surface area contributed by atoms with E-state index < -0.39 is 0 Å². The van der Waals surface area contributed by atoms with Gasteiger partial charge in [0.05, 0.1) is 6.61 Å². The molecule has 0 unspecified atom stereocenters. The Kier molecular flexibility index (Phi) is 3.82. The summed E-state index contributed by atoms with van der Waals surface area (Å²) in [5.41, 5.74) is 1.03. The minimum absolute atomic E-state index is 0.607. The standard InChI is InChI=1S/C11H13ClN4O/c1-2-17-10-4-8(3-9(12)5-10)6-13-11-14-7-15-16-11/h3-5,7H,2,6H2,1H3,(H2,13,14,15,16). The third kappa shape index (κ3) is 3.35. The first-order valence-corrected chi connectivity index (χ1v) is 5.67. The fraction of sp³-hybridized carbons (Fsp3) is 0.273. The van der Waals surface area contributed by atoms with Crippen molar-refractivity contribution in [3.8, 4) is 5.75 Å². The highest BCUT2D eigenvalue weighted by molar-refractivity contribution is 6.30. The van der Waals surface area contributed by atoms with Crippen molar-refractivity contribution in [1.82, 2.24) is 15.2 Å². The Hall–Kier alpha value is -1.75. The van der Waals surface area contributed by atoms with Gasteiger partial charge in [-0.3, -0.25) is 0 Å². The predicted octanol–water partition coefficient (Wildman–Crippen LogP) is 2.47. The lowest BCUT2D eigenvalue weighted by molar-refractivity contribution is 0.340. The molecule has 0 atom stereocenters. The average molecular weight is 253 g/mol. The molecule has 0 saturated carbocycles. The molecule has 2 rings (SSSR count). The van der Waals surface area contributed by atoms with Crippen LogP contribution in [0.3, 0.4) is 0 Å². The maximum absolute atomic E-state index is 6.00. The smallest absolute Gasteiger partial charge is 0.218 e. The van der Waals surface area contributed by atoms with Crippen LogP contribution in [0.1, 0.15) is 12.5 Å². The van der Waals surface area contributed by atoms with Gasteiger partial charge < -0.3 is 10.1 Å². The minimum atomic E-state index is 0.607. The van der Waals surface area contributed by atoms with Gasteiger partial charge in [-0.1, -0.05) is 11.6 Å². The topological polar surface area (TPSA) is 62.8 Å². The third-order valence-corrected chi connectivity index (χ3v) is 2.34. The summed E-state index contributed by atoms with van der Waals surface area (Å²) >= 11 is 6.00. The summed E-state index contributed by atoms with van der Waals surface area (Å²) in [6, 6.07) is 5.62.